The SMILES string of the molecule is CCOC(=O)c1c(C)oc(NC(=O)c2cc(=O)[nH]c(CSC)n2)c1C(=O)OCC. The van der Waals surface area contributed by atoms with Crippen molar-refractivity contribution in [3.63, 3.8) is 0 Å². The van der Waals surface area contributed by atoms with Gasteiger partial charge in [-0.05, 0) is 27.0 Å². The van der Waals surface area contributed by atoms with Crippen molar-refractivity contribution < 1.29 is 28.3 Å². The van der Waals surface area contributed by atoms with Gasteiger partial charge in [0.15, 0.2) is 0 Å². The van der Waals surface area contributed by atoms with Crippen molar-refractivity contribution in [3.05, 3.63) is 44.8 Å². The summed E-state index contributed by atoms with van der Waals surface area (Å²) in [6, 6.07) is 1.02. The van der Waals surface area contributed by atoms with Gasteiger partial charge in [0.1, 0.15) is 28.4 Å². The second kappa shape index (κ2) is 9.92. The highest BCUT2D eigenvalue weighted by Crippen LogP contribution is 2.29. The Bertz CT molecular complexity index is 980. The highest BCUT2D eigenvalue weighted by molar-refractivity contribution is 7.97. The third-order valence-electron chi connectivity index (χ3n) is 3.57. The van der Waals surface area contributed by atoms with E-state index in [1.165, 1.54) is 18.7 Å². The number of nitrogens with zero attached hydrogens (tertiary/aromatic N) is 1. The van der Waals surface area contributed by atoms with Crippen LogP contribution in [0.3, 0.4) is 0 Å². The first-order valence-corrected chi connectivity index (χ1v) is 10.1. The number of aromatic nitrogens is 2. The molecule has 0 bridgehead atoms. The van der Waals surface area contributed by atoms with Gasteiger partial charge in [0, 0.05) is 6.07 Å². The van der Waals surface area contributed by atoms with Gasteiger partial charge >= 0.3 is 11.9 Å². The van der Waals surface area contributed by atoms with E-state index in [0.717, 1.165) is 6.07 Å². The molecule has 0 aliphatic heterocycles. The van der Waals surface area contributed by atoms with Crippen LogP contribution in [0.15, 0.2) is 15.3 Å². The van der Waals surface area contributed by atoms with Gasteiger partial charge in [-0.25, -0.2) is 14.6 Å². The molecule has 1 amide bonds. The summed E-state index contributed by atoms with van der Waals surface area (Å²) in [5.74, 6) is -1.92. The molecule has 0 aromatic carbocycles. The fraction of sp³-hybridized carbons (Fsp3) is 0.389. The maximum absolute atomic E-state index is 12.6. The summed E-state index contributed by atoms with van der Waals surface area (Å²) < 4.78 is 15.4. The Kier molecular flexibility index (Phi) is 7.59. The lowest BCUT2D eigenvalue weighted by molar-refractivity contribution is 0.0480. The zero-order chi connectivity index (χ0) is 21.6. The van der Waals surface area contributed by atoms with E-state index in [4.69, 9.17) is 13.9 Å². The van der Waals surface area contributed by atoms with Crippen molar-refractivity contribution in [2.75, 3.05) is 24.8 Å². The van der Waals surface area contributed by atoms with Gasteiger partial charge < -0.3 is 18.9 Å². The number of thioether (sulfide) groups is 1. The number of hydrogen-bond donors (Lipinski definition) is 2. The molecule has 10 nitrogen and oxygen atoms in total. The molecule has 2 N–H and O–H groups in total. The van der Waals surface area contributed by atoms with Crippen LogP contribution in [0, 0.1) is 6.92 Å². The summed E-state index contributed by atoms with van der Waals surface area (Å²) in [6.07, 6.45) is 1.82. The van der Waals surface area contributed by atoms with E-state index in [1.54, 1.807) is 13.8 Å². The molecule has 0 aliphatic carbocycles. The summed E-state index contributed by atoms with van der Waals surface area (Å²) in [4.78, 5) is 55.7. The van der Waals surface area contributed by atoms with Gasteiger partial charge in [0.25, 0.3) is 11.5 Å². The van der Waals surface area contributed by atoms with E-state index in [0.29, 0.717) is 11.6 Å². The normalized spacial score (nSPS) is 10.5. The Labute approximate surface area is 170 Å². The molecule has 2 aromatic rings. The number of nitrogens with one attached hydrogen (secondary N) is 2. The zero-order valence-electron chi connectivity index (χ0n) is 16.4. The molecule has 11 heteroatoms. The Morgan fingerprint density at radius 1 is 1.17 bits per heavy atom. The molecule has 0 aliphatic rings. The molecule has 2 aromatic heterocycles. The standard InChI is InChI=1S/C18H21N3O7S/c1-5-26-17(24)13-9(3)28-16(14(13)18(25)27-6-2)21-15(23)10-7-12(22)20-11(19-10)8-29-4/h7H,5-6,8H2,1-4H3,(H,21,23)(H,19,20,22). The minimum absolute atomic E-state index is 0.0480. The number of H-pyrrole nitrogens is 1. The number of esters is 2. The van der Waals surface area contributed by atoms with E-state index in [-0.39, 0.29) is 41.7 Å². The summed E-state index contributed by atoms with van der Waals surface area (Å²) >= 11 is 1.42. The van der Waals surface area contributed by atoms with Crippen molar-refractivity contribution in [1.82, 2.24) is 9.97 Å². The monoisotopic (exact) mass is 423 g/mol. The van der Waals surface area contributed by atoms with Crippen LogP contribution in [0.4, 0.5) is 5.88 Å². The van der Waals surface area contributed by atoms with Gasteiger partial charge in [-0.3, -0.25) is 14.9 Å². The highest BCUT2D eigenvalue weighted by atomic mass is 32.2. The molecule has 29 heavy (non-hydrogen) atoms. The number of carbonyl (C=O) groups is 3. The fourth-order valence-corrected chi connectivity index (χ4v) is 2.89. The molecule has 0 fully saturated rings. The van der Waals surface area contributed by atoms with Crippen LogP contribution < -0.4 is 10.9 Å². The summed E-state index contributed by atoms with van der Waals surface area (Å²) in [7, 11) is 0. The first-order chi connectivity index (χ1) is 13.8. The van der Waals surface area contributed by atoms with Crippen LogP contribution in [0.25, 0.3) is 0 Å². The molecule has 0 saturated carbocycles. The van der Waals surface area contributed by atoms with Crippen molar-refractivity contribution in [2.45, 2.75) is 26.5 Å². The predicted octanol–water partition coefficient (Wildman–Crippen LogP) is 2.14. The fourth-order valence-electron chi connectivity index (χ4n) is 2.48. The average Bonchev–Trinajstić information content (AvgIpc) is 2.97. The number of furan rings is 1. The quantitative estimate of drug-likeness (QED) is 0.611. The van der Waals surface area contributed by atoms with Crippen LogP contribution >= 0.6 is 11.8 Å². The van der Waals surface area contributed by atoms with E-state index in [9.17, 15) is 19.2 Å². The van der Waals surface area contributed by atoms with Crippen molar-refractivity contribution in [3.8, 4) is 0 Å². The third kappa shape index (κ3) is 5.25. The lowest BCUT2D eigenvalue weighted by Gasteiger charge is -2.07. The van der Waals surface area contributed by atoms with Crippen molar-refractivity contribution in [2.24, 2.45) is 0 Å². The topological polar surface area (TPSA) is 141 Å². The van der Waals surface area contributed by atoms with E-state index in [1.807, 2.05) is 6.26 Å². The minimum Gasteiger partial charge on any atom is -0.462 e. The van der Waals surface area contributed by atoms with E-state index in [2.05, 4.69) is 15.3 Å². The lowest BCUT2D eigenvalue weighted by Crippen LogP contribution is -2.21. The number of anilines is 1. The van der Waals surface area contributed by atoms with Crippen LogP contribution in [-0.2, 0) is 15.2 Å². The largest absolute Gasteiger partial charge is 0.462 e. The number of aromatic amines is 1. The number of aryl methyl sites for hydroxylation is 1. The second-order valence-electron chi connectivity index (χ2n) is 5.64. The molecule has 0 atom stereocenters. The van der Waals surface area contributed by atoms with Gasteiger partial charge in [-0.2, -0.15) is 11.8 Å². The summed E-state index contributed by atoms with van der Waals surface area (Å²) in [5, 5.41) is 2.38. The van der Waals surface area contributed by atoms with Crippen LogP contribution in [0.2, 0.25) is 0 Å². The average molecular weight is 423 g/mol. The van der Waals surface area contributed by atoms with Gasteiger partial charge in [-0.1, -0.05) is 0 Å². The van der Waals surface area contributed by atoms with Crippen molar-refractivity contribution in [1.29, 1.82) is 0 Å². The first kappa shape index (κ1) is 22.2. The Hall–Kier alpha value is -3.08. The molecule has 0 unspecified atom stereocenters. The van der Waals surface area contributed by atoms with E-state index < -0.39 is 23.4 Å². The number of rotatable bonds is 8. The van der Waals surface area contributed by atoms with Gasteiger partial charge in [0.2, 0.25) is 5.88 Å². The maximum atomic E-state index is 12.6. The molecule has 2 rings (SSSR count). The number of hydrogen-bond acceptors (Lipinski definition) is 9. The summed E-state index contributed by atoms with van der Waals surface area (Å²) in [5.41, 5.74) is -1.06. The molecule has 0 spiro atoms. The van der Waals surface area contributed by atoms with Crippen LogP contribution in [0.1, 0.15) is 56.6 Å². The first-order valence-electron chi connectivity index (χ1n) is 8.70. The van der Waals surface area contributed by atoms with Crippen LogP contribution in [-0.4, -0.2) is 47.3 Å². The summed E-state index contributed by atoms with van der Waals surface area (Å²) in [6.45, 7) is 4.80. The highest BCUT2D eigenvalue weighted by Gasteiger charge is 2.31. The Balaban J connectivity index is 2.45. The molecule has 156 valence electrons. The third-order valence-corrected chi connectivity index (χ3v) is 4.14. The maximum Gasteiger partial charge on any atom is 0.344 e. The van der Waals surface area contributed by atoms with Crippen LogP contribution in [0.5, 0.6) is 0 Å². The molecule has 2 heterocycles. The number of ether oxygens (including phenoxy) is 2. The molecule has 0 saturated heterocycles. The molecular weight excluding hydrogens is 402 g/mol. The number of amides is 1. The lowest BCUT2D eigenvalue weighted by atomic mass is 10.1. The number of carbonyl (C=O) groups excluding carboxylic acids is 3. The molecule has 0 radical (unpaired) electrons. The second-order valence-corrected chi connectivity index (χ2v) is 6.51. The van der Waals surface area contributed by atoms with Crippen molar-refractivity contribution >= 4 is 35.5 Å². The Morgan fingerprint density at radius 2 is 1.79 bits per heavy atom. The minimum atomic E-state index is -0.857. The zero-order valence-corrected chi connectivity index (χ0v) is 17.2. The Morgan fingerprint density at radius 3 is 2.38 bits per heavy atom. The molecular formula is C18H21N3O7S. The smallest absolute Gasteiger partial charge is 0.344 e. The van der Waals surface area contributed by atoms with E-state index >= 15 is 0 Å². The predicted molar refractivity (Wildman–Crippen MR) is 105 cm³/mol. The van der Waals surface area contributed by atoms with Gasteiger partial charge in [0.05, 0.1) is 19.0 Å². The van der Waals surface area contributed by atoms with Gasteiger partial charge in [-0.15, -0.1) is 0 Å².